The summed E-state index contributed by atoms with van der Waals surface area (Å²) in [4.78, 5) is 21.1. The summed E-state index contributed by atoms with van der Waals surface area (Å²) in [5.41, 5.74) is 0.757. The number of carbonyl (C=O) groups is 2. The van der Waals surface area contributed by atoms with E-state index in [2.05, 4.69) is 10.1 Å². The van der Waals surface area contributed by atoms with Crippen molar-refractivity contribution in [2.75, 3.05) is 6.61 Å². The lowest BCUT2D eigenvalue weighted by Gasteiger charge is -2.15. The Bertz CT molecular complexity index is 246. The third-order valence-electron chi connectivity index (χ3n) is 1.27. The van der Waals surface area contributed by atoms with Gasteiger partial charge >= 0.3 is 6.09 Å². The zero-order valence-electron chi connectivity index (χ0n) is 5.81. The summed E-state index contributed by atoms with van der Waals surface area (Å²) < 4.78 is 4.55. The van der Waals surface area contributed by atoms with E-state index in [-0.39, 0.29) is 12.3 Å². The number of carbonyl (C=O) groups excluding carboxylic acids is 2. The minimum absolute atomic E-state index is 0.125. The topological polar surface area (TPSA) is 55.4 Å². The summed E-state index contributed by atoms with van der Waals surface area (Å²) in [7, 11) is 0. The van der Waals surface area contributed by atoms with E-state index in [1.54, 1.807) is 6.92 Å². The fourth-order valence-corrected chi connectivity index (χ4v) is 0.916. The van der Waals surface area contributed by atoms with Crippen LogP contribution in [0, 0.1) is 0 Å². The molecule has 11 heavy (non-hydrogen) atoms. The molecule has 1 heterocycles. The molecule has 0 spiro atoms. The molecule has 0 aliphatic carbocycles. The minimum atomic E-state index is -0.667. The molecule has 1 aliphatic heterocycles. The second-order valence-electron chi connectivity index (χ2n) is 2.13. The number of ether oxygens (including phenoxy) is 1. The van der Waals surface area contributed by atoms with Crippen LogP contribution in [0.3, 0.4) is 0 Å². The molecule has 0 aromatic carbocycles. The molecule has 0 saturated heterocycles. The molecule has 4 nitrogen and oxygen atoms in total. The normalized spacial score (nSPS) is 17.5. The number of cyclic esters (lactones) is 1. The SMILES string of the molecule is CC1=C(C(=O)Cl)NC(=O)OC1. The first-order chi connectivity index (χ1) is 5.11. The predicted octanol–water partition coefficient (Wildman–Crippen LogP) is 0.766. The number of hydrogen-bond acceptors (Lipinski definition) is 3. The largest absolute Gasteiger partial charge is 0.445 e. The molecule has 1 amide bonds. The average Bonchev–Trinajstić information content (AvgIpc) is 1.94. The van der Waals surface area contributed by atoms with E-state index in [1.807, 2.05) is 0 Å². The van der Waals surface area contributed by atoms with Crippen molar-refractivity contribution in [1.82, 2.24) is 5.32 Å². The molecule has 1 rings (SSSR count). The highest BCUT2D eigenvalue weighted by atomic mass is 35.5. The van der Waals surface area contributed by atoms with Gasteiger partial charge in [0.15, 0.2) is 0 Å². The van der Waals surface area contributed by atoms with Crippen molar-refractivity contribution in [3.63, 3.8) is 0 Å². The number of hydrogen-bond donors (Lipinski definition) is 1. The highest BCUT2D eigenvalue weighted by Crippen LogP contribution is 2.09. The molecule has 0 radical (unpaired) electrons. The summed E-state index contributed by atoms with van der Waals surface area (Å²) in [6.07, 6.45) is -0.639. The molecule has 0 aromatic rings. The summed E-state index contributed by atoms with van der Waals surface area (Å²) in [6, 6.07) is 0. The Labute approximate surface area is 68.2 Å². The van der Waals surface area contributed by atoms with Crippen molar-refractivity contribution in [3.8, 4) is 0 Å². The van der Waals surface area contributed by atoms with Crippen molar-refractivity contribution in [2.45, 2.75) is 6.92 Å². The van der Waals surface area contributed by atoms with Crippen molar-refractivity contribution < 1.29 is 14.3 Å². The summed E-state index contributed by atoms with van der Waals surface area (Å²) in [5, 5.41) is 1.54. The Morgan fingerprint density at radius 2 is 2.36 bits per heavy atom. The van der Waals surface area contributed by atoms with Gasteiger partial charge in [-0.25, -0.2) is 4.79 Å². The van der Waals surface area contributed by atoms with Crippen LogP contribution in [0.15, 0.2) is 11.3 Å². The third-order valence-corrected chi connectivity index (χ3v) is 1.46. The maximum absolute atomic E-state index is 10.6. The first-order valence-electron chi connectivity index (χ1n) is 2.94. The predicted molar refractivity (Wildman–Crippen MR) is 38.0 cm³/mol. The van der Waals surface area contributed by atoms with Crippen LogP contribution in [-0.2, 0) is 9.53 Å². The Hall–Kier alpha value is -1.03. The van der Waals surface area contributed by atoms with E-state index in [0.717, 1.165) is 0 Å². The van der Waals surface area contributed by atoms with Gasteiger partial charge in [0.1, 0.15) is 12.3 Å². The molecule has 1 aliphatic rings. The zero-order valence-corrected chi connectivity index (χ0v) is 6.57. The van der Waals surface area contributed by atoms with Crippen molar-refractivity contribution >= 4 is 22.9 Å². The molecule has 0 saturated carbocycles. The second kappa shape index (κ2) is 2.92. The van der Waals surface area contributed by atoms with Crippen LogP contribution < -0.4 is 5.32 Å². The van der Waals surface area contributed by atoms with E-state index >= 15 is 0 Å². The molecule has 5 heteroatoms. The van der Waals surface area contributed by atoms with Gasteiger partial charge in [-0.2, -0.15) is 0 Å². The Morgan fingerprint density at radius 1 is 1.73 bits per heavy atom. The van der Waals surface area contributed by atoms with Crippen LogP contribution in [0.25, 0.3) is 0 Å². The molecule has 0 atom stereocenters. The van der Waals surface area contributed by atoms with Gasteiger partial charge in [0.2, 0.25) is 0 Å². The van der Waals surface area contributed by atoms with Gasteiger partial charge in [-0.3, -0.25) is 10.1 Å². The van der Waals surface area contributed by atoms with E-state index in [4.69, 9.17) is 11.6 Å². The van der Waals surface area contributed by atoms with Crippen LogP contribution in [0.4, 0.5) is 4.79 Å². The summed E-state index contributed by atoms with van der Waals surface area (Å²) in [5.74, 6) is 0. The maximum Gasteiger partial charge on any atom is 0.412 e. The first kappa shape index (κ1) is 8.07. The van der Waals surface area contributed by atoms with Gasteiger partial charge in [0.25, 0.3) is 5.24 Å². The second-order valence-corrected chi connectivity index (χ2v) is 2.47. The molecule has 0 bridgehead atoms. The molecular weight excluding hydrogens is 170 g/mol. The smallest absolute Gasteiger partial charge is 0.412 e. The number of allylic oxidation sites excluding steroid dienone is 1. The zero-order chi connectivity index (χ0) is 8.43. The number of alkyl carbamates (subject to hydrolysis) is 1. The Balaban J connectivity index is 2.88. The van der Waals surface area contributed by atoms with Crippen LogP contribution in [0.5, 0.6) is 0 Å². The summed E-state index contributed by atoms with van der Waals surface area (Å²) >= 11 is 5.15. The van der Waals surface area contributed by atoms with Crippen LogP contribution in [-0.4, -0.2) is 17.9 Å². The van der Waals surface area contributed by atoms with E-state index in [9.17, 15) is 9.59 Å². The average molecular weight is 176 g/mol. The van der Waals surface area contributed by atoms with Crippen LogP contribution in [0.1, 0.15) is 6.92 Å². The standard InChI is InChI=1S/C6H6ClNO3/c1-3-2-11-6(10)8-4(3)5(7)9/h2H2,1H3,(H,8,10). The van der Waals surface area contributed by atoms with Crippen LogP contribution in [0.2, 0.25) is 0 Å². The quantitative estimate of drug-likeness (QED) is 0.599. The van der Waals surface area contributed by atoms with E-state index in [0.29, 0.717) is 5.57 Å². The maximum atomic E-state index is 10.6. The number of amides is 1. The van der Waals surface area contributed by atoms with E-state index < -0.39 is 11.3 Å². The van der Waals surface area contributed by atoms with Gasteiger partial charge in [0, 0.05) is 0 Å². The van der Waals surface area contributed by atoms with Crippen molar-refractivity contribution in [3.05, 3.63) is 11.3 Å². The van der Waals surface area contributed by atoms with E-state index in [1.165, 1.54) is 0 Å². The lowest BCUT2D eigenvalue weighted by molar-refractivity contribution is -0.109. The Morgan fingerprint density at radius 3 is 2.82 bits per heavy atom. The van der Waals surface area contributed by atoms with Gasteiger partial charge in [-0.15, -0.1) is 0 Å². The lowest BCUT2D eigenvalue weighted by atomic mass is 10.2. The molecule has 0 fully saturated rings. The highest BCUT2D eigenvalue weighted by Gasteiger charge is 2.19. The minimum Gasteiger partial charge on any atom is -0.445 e. The summed E-state index contributed by atoms with van der Waals surface area (Å²) in [6.45, 7) is 1.79. The van der Waals surface area contributed by atoms with Gasteiger partial charge in [-0.05, 0) is 24.1 Å². The number of nitrogens with one attached hydrogen (secondary N) is 1. The first-order valence-corrected chi connectivity index (χ1v) is 3.32. The lowest BCUT2D eigenvalue weighted by Crippen LogP contribution is -2.33. The van der Waals surface area contributed by atoms with Crippen molar-refractivity contribution in [2.24, 2.45) is 0 Å². The molecule has 0 unspecified atom stereocenters. The number of rotatable bonds is 1. The van der Waals surface area contributed by atoms with Crippen molar-refractivity contribution in [1.29, 1.82) is 0 Å². The fraction of sp³-hybridized carbons (Fsp3) is 0.333. The van der Waals surface area contributed by atoms with Gasteiger partial charge < -0.3 is 4.74 Å². The van der Waals surface area contributed by atoms with Gasteiger partial charge in [0.05, 0.1) is 0 Å². The molecular formula is C6H6ClNO3. The Kier molecular flexibility index (Phi) is 2.14. The van der Waals surface area contributed by atoms with Gasteiger partial charge in [-0.1, -0.05) is 0 Å². The van der Waals surface area contributed by atoms with Crippen LogP contribution >= 0.6 is 11.6 Å². The fourth-order valence-electron chi connectivity index (χ4n) is 0.708. The monoisotopic (exact) mass is 175 g/mol. The molecule has 0 aromatic heterocycles. The third kappa shape index (κ3) is 1.71. The highest BCUT2D eigenvalue weighted by molar-refractivity contribution is 6.67. The molecule has 60 valence electrons. The number of halogens is 1. The molecule has 1 N–H and O–H groups in total.